The fraction of sp³-hybridized carbons (Fsp3) is 0. The molecule has 0 N–H and O–H groups in total. The number of para-hydroxylation sites is 2. The predicted octanol–water partition coefficient (Wildman–Crippen LogP) is 10.0. The van der Waals surface area contributed by atoms with Crippen LogP contribution in [0.25, 0.3) is 77.4 Å². The Balaban J connectivity index is 1.33. The van der Waals surface area contributed by atoms with Crippen molar-refractivity contribution in [2.24, 2.45) is 0 Å². The highest BCUT2D eigenvalue weighted by molar-refractivity contribution is 6.25. The molecule has 4 heteroatoms. The first kappa shape index (κ1) is 24.6. The van der Waals surface area contributed by atoms with Crippen molar-refractivity contribution in [2.75, 3.05) is 0 Å². The van der Waals surface area contributed by atoms with E-state index in [9.17, 15) is 0 Å². The van der Waals surface area contributed by atoms with E-state index in [0.717, 1.165) is 33.9 Å². The third-order valence-corrected chi connectivity index (χ3v) is 8.63. The SMILES string of the molecule is c1ccc(-n2ccc3c4ccc5c(c4ccc32)c2ccccc2n5-c2cc(-c3ccccn3)cc(-c3ccccn3)c2)cc1. The van der Waals surface area contributed by atoms with Gasteiger partial charge < -0.3 is 9.13 Å². The minimum Gasteiger partial charge on any atom is -0.317 e. The lowest BCUT2D eigenvalue weighted by atomic mass is 10.0. The van der Waals surface area contributed by atoms with E-state index in [4.69, 9.17) is 9.97 Å². The van der Waals surface area contributed by atoms with E-state index in [-0.39, 0.29) is 0 Å². The van der Waals surface area contributed by atoms with Gasteiger partial charge in [-0.05, 0) is 89.6 Å². The van der Waals surface area contributed by atoms with E-state index in [0.29, 0.717) is 0 Å². The van der Waals surface area contributed by atoms with E-state index in [1.165, 1.54) is 43.5 Å². The number of benzene rings is 5. The summed E-state index contributed by atoms with van der Waals surface area (Å²) < 4.78 is 4.66. The van der Waals surface area contributed by atoms with Crippen LogP contribution >= 0.6 is 0 Å². The molecule has 0 bridgehead atoms. The number of rotatable bonds is 4. The summed E-state index contributed by atoms with van der Waals surface area (Å²) >= 11 is 0. The zero-order valence-corrected chi connectivity index (χ0v) is 23.8. The molecule has 0 spiro atoms. The molecular formula is C40H26N4. The summed E-state index contributed by atoms with van der Waals surface area (Å²) in [5.74, 6) is 0. The minimum absolute atomic E-state index is 0.933. The van der Waals surface area contributed by atoms with Gasteiger partial charge in [-0.2, -0.15) is 0 Å². The van der Waals surface area contributed by atoms with Crippen molar-refractivity contribution in [3.8, 4) is 33.9 Å². The van der Waals surface area contributed by atoms with Gasteiger partial charge in [-0.3, -0.25) is 9.97 Å². The van der Waals surface area contributed by atoms with Gasteiger partial charge in [0.15, 0.2) is 0 Å². The molecule has 0 aliphatic heterocycles. The van der Waals surface area contributed by atoms with Crippen molar-refractivity contribution in [2.45, 2.75) is 0 Å². The van der Waals surface area contributed by atoms with Crippen LogP contribution in [-0.2, 0) is 0 Å². The van der Waals surface area contributed by atoms with Crippen molar-refractivity contribution < 1.29 is 0 Å². The molecule has 4 heterocycles. The molecule has 0 aliphatic carbocycles. The molecule has 44 heavy (non-hydrogen) atoms. The molecule has 0 aliphatic rings. The first-order chi connectivity index (χ1) is 21.8. The monoisotopic (exact) mass is 562 g/mol. The Labute approximate surface area is 254 Å². The van der Waals surface area contributed by atoms with E-state index in [2.05, 4.69) is 131 Å². The highest BCUT2D eigenvalue weighted by atomic mass is 15.0. The fourth-order valence-corrected chi connectivity index (χ4v) is 6.69. The summed E-state index contributed by atoms with van der Waals surface area (Å²) in [6, 6.07) is 49.4. The van der Waals surface area contributed by atoms with Gasteiger partial charge in [-0.15, -0.1) is 0 Å². The Morgan fingerprint density at radius 3 is 1.80 bits per heavy atom. The second-order valence-corrected chi connectivity index (χ2v) is 11.1. The van der Waals surface area contributed by atoms with Crippen molar-refractivity contribution in [1.82, 2.24) is 19.1 Å². The molecule has 0 saturated heterocycles. The van der Waals surface area contributed by atoms with E-state index in [1.807, 2.05) is 36.7 Å². The highest BCUT2D eigenvalue weighted by Crippen LogP contribution is 2.40. The Bertz CT molecular complexity index is 2420. The molecular weight excluding hydrogens is 536 g/mol. The van der Waals surface area contributed by atoms with Crippen LogP contribution in [0.1, 0.15) is 0 Å². The Kier molecular flexibility index (Phi) is 5.47. The maximum atomic E-state index is 4.69. The Morgan fingerprint density at radius 1 is 0.409 bits per heavy atom. The Morgan fingerprint density at radius 2 is 1.07 bits per heavy atom. The molecule has 0 fully saturated rings. The topological polar surface area (TPSA) is 35.6 Å². The minimum atomic E-state index is 0.933. The van der Waals surface area contributed by atoms with Crippen molar-refractivity contribution in [1.29, 1.82) is 0 Å². The van der Waals surface area contributed by atoms with Crippen LogP contribution in [-0.4, -0.2) is 19.1 Å². The average molecular weight is 563 g/mol. The lowest BCUT2D eigenvalue weighted by Gasteiger charge is -2.13. The summed E-state index contributed by atoms with van der Waals surface area (Å²) in [5.41, 5.74) is 9.76. The number of hydrogen-bond acceptors (Lipinski definition) is 2. The van der Waals surface area contributed by atoms with E-state index < -0.39 is 0 Å². The number of aromatic nitrogens is 4. The van der Waals surface area contributed by atoms with Gasteiger partial charge >= 0.3 is 0 Å². The maximum Gasteiger partial charge on any atom is 0.0702 e. The molecule has 0 radical (unpaired) electrons. The lowest BCUT2D eigenvalue weighted by Crippen LogP contribution is -1.97. The van der Waals surface area contributed by atoms with Crippen LogP contribution in [0.2, 0.25) is 0 Å². The van der Waals surface area contributed by atoms with Crippen LogP contribution in [0.3, 0.4) is 0 Å². The van der Waals surface area contributed by atoms with Crippen LogP contribution in [0.4, 0.5) is 0 Å². The molecule has 0 unspecified atom stereocenters. The molecule has 0 atom stereocenters. The summed E-state index contributed by atoms with van der Waals surface area (Å²) in [5, 5.41) is 6.25. The van der Waals surface area contributed by atoms with E-state index >= 15 is 0 Å². The molecule has 206 valence electrons. The zero-order chi connectivity index (χ0) is 29.0. The quantitative estimate of drug-likeness (QED) is 0.214. The van der Waals surface area contributed by atoms with Gasteiger partial charge in [-0.1, -0.05) is 60.7 Å². The van der Waals surface area contributed by atoms with Gasteiger partial charge in [0, 0.05) is 57.3 Å². The van der Waals surface area contributed by atoms with Crippen LogP contribution < -0.4 is 0 Å². The summed E-state index contributed by atoms with van der Waals surface area (Å²) in [6.07, 6.45) is 5.87. The predicted molar refractivity (Wildman–Crippen MR) is 182 cm³/mol. The van der Waals surface area contributed by atoms with Gasteiger partial charge in [-0.25, -0.2) is 0 Å². The Hall–Kier alpha value is -6.00. The normalized spacial score (nSPS) is 11.6. The number of hydrogen-bond donors (Lipinski definition) is 0. The van der Waals surface area contributed by atoms with Crippen LogP contribution in [0.15, 0.2) is 158 Å². The fourth-order valence-electron chi connectivity index (χ4n) is 6.69. The second-order valence-electron chi connectivity index (χ2n) is 11.1. The first-order valence-electron chi connectivity index (χ1n) is 14.8. The molecule has 9 rings (SSSR count). The largest absolute Gasteiger partial charge is 0.317 e. The average Bonchev–Trinajstić information content (AvgIpc) is 3.69. The molecule has 0 saturated carbocycles. The third kappa shape index (κ3) is 3.78. The highest BCUT2D eigenvalue weighted by Gasteiger charge is 2.18. The molecule has 0 amide bonds. The van der Waals surface area contributed by atoms with Gasteiger partial charge in [0.2, 0.25) is 0 Å². The standard InChI is InChI=1S/C40H26N4/c1-2-10-29(11-3-1)43-23-20-32-31-16-19-39-40(33(31)17-18-37(32)43)34-12-4-5-15-38(34)44(39)30-25-27(35-13-6-8-21-41-35)24-28(26-30)36-14-7-9-22-42-36/h1-26H. The maximum absolute atomic E-state index is 4.69. The lowest BCUT2D eigenvalue weighted by molar-refractivity contribution is 1.13. The van der Waals surface area contributed by atoms with Crippen LogP contribution in [0.5, 0.6) is 0 Å². The molecule has 5 aromatic carbocycles. The van der Waals surface area contributed by atoms with Crippen molar-refractivity contribution >= 4 is 43.5 Å². The third-order valence-electron chi connectivity index (χ3n) is 8.63. The summed E-state index contributed by atoms with van der Waals surface area (Å²) in [4.78, 5) is 9.39. The van der Waals surface area contributed by atoms with E-state index in [1.54, 1.807) is 0 Å². The second kappa shape index (κ2) is 9.79. The van der Waals surface area contributed by atoms with Crippen molar-refractivity contribution in [3.63, 3.8) is 0 Å². The van der Waals surface area contributed by atoms with Gasteiger partial charge in [0.05, 0.1) is 27.9 Å². The summed E-state index contributed by atoms with van der Waals surface area (Å²) in [7, 11) is 0. The number of pyridine rings is 2. The van der Waals surface area contributed by atoms with Gasteiger partial charge in [0.25, 0.3) is 0 Å². The first-order valence-corrected chi connectivity index (χ1v) is 14.8. The number of nitrogens with zero attached hydrogens (tertiary/aromatic N) is 4. The van der Waals surface area contributed by atoms with Crippen molar-refractivity contribution in [3.05, 3.63) is 158 Å². The van der Waals surface area contributed by atoms with Gasteiger partial charge in [0.1, 0.15) is 0 Å². The number of fused-ring (bicyclic) bond motifs is 7. The molecule has 4 nitrogen and oxygen atoms in total. The molecule has 4 aromatic heterocycles. The summed E-state index contributed by atoms with van der Waals surface area (Å²) in [6.45, 7) is 0. The zero-order valence-electron chi connectivity index (χ0n) is 23.8. The van der Waals surface area contributed by atoms with Crippen LogP contribution in [0, 0.1) is 0 Å². The molecule has 9 aromatic rings. The smallest absolute Gasteiger partial charge is 0.0702 e.